The lowest BCUT2D eigenvalue weighted by molar-refractivity contribution is -0.384. The van der Waals surface area contributed by atoms with Gasteiger partial charge in [0.25, 0.3) is 11.6 Å². The molecule has 0 saturated carbocycles. The molecule has 0 aliphatic rings. The van der Waals surface area contributed by atoms with Gasteiger partial charge in [0.2, 0.25) is 0 Å². The van der Waals surface area contributed by atoms with Crippen LogP contribution in [0.1, 0.15) is 15.9 Å². The van der Waals surface area contributed by atoms with Crippen molar-refractivity contribution < 1.29 is 9.72 Å². The maximum absolute atomic E-state index is 12.3. The first kappa shape index (κ1) is 16.4. The molecule has 0 fully saturated rings. The van der Waals surface area contributed by atoms with E-state index in [-0.39, 0.29) is 11.3 Å². The fourth-order valence-corrected chi connectivity index (χ4v) is 3.95. The number of aryl methyl sites for hydroxylation is 2. The van der Waals surface area contributed by atoms with E-state index < -0.39 is 10.8 Å². The first-order chi connectivity index (χ1) is 11.4. The second-order valence-electron chi connectivity index (χ2n) is 5.24. The number of amides is 1. The third kappa shape index (κ3) is 2.95. The van der Waals surface area contributed by atoms with E-state index in [0.29, 0.717) is 9.82 Å². The normalized spacial score (nSPS) is 11.9. The maximum atomic E-state index is 12.3. The van der Waals surface area contributed by atoms with Gasteiger partial charge in [-0.2, -0.15) is 4.99 Å². The lowest BCUT2D eigenvalue weighted by Gasteiger charge is -2.00. The van der Waals surface area contributed by atoms with E-state index in [1.54, 1.807) is 0 Å². The number of carbonyl (C=O) groups is 1. The van der Waals surface area contributed by atoms with Crippen LogP contribution in [0.25, 0.3) is 10.2 Å². The number of nitrogens with zero attached hydrogens (tertiary/aromatic N) is 3. The van der Waals surface area contributed by atoms with Crippen molar-refractivity contribution in [3.8, 4) is 0 Å². The second-order valence-corrected chi connectivity index (χ2v) is 6.68. The highest BCUT2D eigenvalue weighted by Crippen LogP contribution is 2.25. The van der Waals surface area contributed by atoms with Gasteiger partial charge in [-0.05, 0) is 30.7 Å². The fourth-order valence-electron chi connectivity index (χ4n) is 2.48. The average molecular weight is 362 g/mol. The number of aromatic nitrogens is 1. The molecule has 0 aliphatic heterocycles. The first-order valence-electron chi connectivity index (χ1n) is 6.96. The Balaban J connectivity index is 2.12. The standard InChI is InChI=1S/C16H12ClN3O3S/c1-9-6-11(17)8-13-14(9)19(2)16(24-13)18-15(21)10-4-3-5-12(7-10)20(22)23/h3-8H,1-2H3. The predicted molar refractivity (Wildman–Crippen MR) is 93.5 cm³/mol. The van der Waals surface area contributed by atoms with Crippen LogP contribution in [0.5, 0.6) is 0 Å². The summed E-state index contributed by atoms with van der Waals surface area (Å²) in [5.41, 5.74) is 1.98. The molecular weight excluding hydrogens is 350 g/mol. The number of nitro groups is 1. The Hall–Kier alpha value is -2.51. The van der Waals surface area contributed by atoms with Gasteiger partial charge in [0, 0.05) is 29.8 Å². The molecule has 24 heavy (non-hydrogen) atoms. The Morgan fingerprint density at radius 3 is 2.79 bits per heavy atom. The zero-order chi connectivity index (χ0) is 17.4. The number of non-ortho nitro benzene ring substituents is 1. The lowest BCUT2D eigenvalue weighted by atomic mass is 10.2. The summed E-state index contributed by atoms with van der Waals surface area (Å²) in [5, 5.41) is 11.4. The molecule has 0 radical (unpaired) electrons. The average Bonchev–Trinajstić information content (AvgIpc) is 2.83. The molecule has 3 rings (SSSR count). The van der Waals surface area contributed by atoms with Crippen LogP contribution in [0.2, 0.25) is 5.02 Å². The van der Waals surface area contributed by atoms with Gasteiger partial charge < -0.3 is 4.57 Å². The molecule has 2 aromatic carbocycles. The van der Waals surface area contributed by atoms with Gasteiger partial charge in [-0.3, -0.25) is 14.9 Å². The van der Waals surface area contributed by atoms with Crippen molar-refractivity contribution in [2.24, 2.45) is 12.0 Å². The van der Waals surface area contributed by atoms with Gasteiger partial charge in [0.1, 0.15) is 0 Å². The minimum Gasteiger partial charge on any atom is -0.319 e. The number of fused-ring (bicyclic) bond motifs is 1. The van der Waals surface area contributed by atoms with Gasteiger partial charge in [-0.1, -0.05) is 29.0 Å². The molecule has 1 amide bonds. The molecule has 1 aromatic heterocycles. The van der Waals surface area contributed by atoms with Crippen LogP contribution >= 0.6 is 22.9 Å². The zero-order valence-electron chi connectivity index (χ0n) is 12.8. The van der Waals surface area contributed by atoms with E-state index >= 15 is 0 Å². The number of halogens is 1. The molecule has 3 aromatic rings. The van der Waals surface area contributed by atoms with Crippen LogP contribution in [-0.2, 0) is 7.05 Å². The third-order valence-electron chi connectivity index (χ3n) is 3.55. The lowest BCUT2D eigenvalue weighted by Crippen LogP contribution is -2.13. The molecule has 0 saturated heterocycles. The Morgan fingerprint density at radius 1 is 1.33 bits per heavy atom. The van der Waals surface area contributed by atoms with Crippen LogP contribution < -0.4 is 4.80 Å². The first-order valence-corrected chi connectivity index (χ1v) is 8.15. The van der Waals surface area contributed by atoms with Crippen molar-refractivity contribution in [1.82, 2.24) is 4.57 Å². The van der Waals surface area contributed by atoms with E-state index in [1.807, 2.05) is 30.7 Å². The number of benzene rings is 2. The molecular formula is C16H12ClN3O3S. The largest absolute Gasteiger partial charge is 0.319 e. The van der Waals surface area contributed by atoms with Crippen molar-refractivity contribution in [1.29, 1.82) is 0 Å². The summed E-state index contributed by atoms with van der Waals surface area (Å²) in [6.45, 7) is 1.94. The summed E-state index contributed by atoms with van der Waals surface area (Å²) in [6, 6.07) is 9.21. The molecule has 6 nitrogen and oxygen atoms in total. The molecule has 0 atom stereocenters. The molecule has 0 N–H and O–H groups in total. The van der Waals surface area contributed by atoms with E-state index in [2.05, 4.69) is 4.99 Å². The number of hydrogen-bond acceptors (Lipinski definition) is 4. The number of thiazole rings is 1. The Labute approximate surface area is 145 Å². The molecule has 122 valence electrons. The Bertz CT molecular complexity index is 1050. The minimum atomic E-state index is -0.540. The molecule has 0 aliphatic carbocycles. The molecule has 1 heterocycles. The maximum Gasteiger partial charge on any atom is 0.279 e. The second kappa shape index (κ2) is 6.18. The predicted octanol–water partition coefficient (Wildman–Crippen LogP) is 3.85. The van der Waals surface area contributed by atoms with E-state index in [4.69, 9.17) is 11.6 Å². The number of rotatable bonds is 2. The summed E-state index contributed by atoms with van der Waals surface area (Å²) < 4.78 is 2.74. The molecule has 0 bridgehead atoms. The zero-order valence-corrected chi connectivity index (χ0v) is 14.4. The van der Waals surface area contributed by atoms with Gasteiger partial charge >= 0.3 is 0 Å². The quantitative estimate of drug-likeness (QED) is 0.513. The van der Waals surface area contributed by atoms with E-state index in [1.165, 1.54) is 35.6 Å². The van der Waals surface area contributed by atoms with Crippen molar-refractivity contribution in [2.75, 3.05) is 0 Å². The van der Waals surface area contributed by atoms with Gasteiger partial charge in [-0.15, -0.1) is 0 Å². The van der Waals surface area contributed by atoms with Crippen LogP contribution in [0.4, 0.5) is 5.69 Å². The number of hydrogen-bond donors (Lipinski definition) is 0. The molecule has 0 unspecified atom stereocenters. The van der Waals surface area contributed by atoms with Crippen LogP contribution in [0.15, 0.2) is 41.4 Å². The van der Waals surface area contributed by atoms with Crippen LogP contribution in [0, 0.1) is 17.0 Å². The number of carbonyl (C=O) groups excluding carboxylic acids is 1. The van der Waals surface area contributed by atoms with Gasteiger partial charge in [-0.25, -0.2) is 0 Å². The SMILES string of the molecule is Cc1cc(Cl)cc2sc(=NC(=O)c3cccc([N+](=O)[O-])c3)n(C)c12. The van der Waals surface area contributed by atoms with E-state index in [9.17, 15) is 14.9 Å². The highest BCUT2D eigenvalue weighted by Gasteiger charge is 2.12. The van der Waals surface area contributed by atoms with Crippen molar-refractivity contribution >= 4 is 44.7 Å². The van der Waals surface area contributed by atoms with Crippen molar-refractivity contribution in [3.05, 3.63) is 67.5 Å². The smallest absolute Gasteiger partial charge is 0.279 e. The third-order valence-corrected chi connectivity index (χ3v) is 4.85. The summed E-state index contributed by atoms with van der Waals surface area (Å²) in [4.78, 5) is 27.3. The summed E-state index contributed by atoms with van der Waals surface area (Å²) >= 11 is 7.41. The molecule has 0 spiro atoms. The Morgan fingerprint density at radius 2 is 2.08 bits per heavy atom. The van der Waals surface area contributed by atoms with E-state index in [0.717, 1.165) is 15.8 Å². The van der Waals surface area contributed by atoms with Crippen LogP contribution in [-0.4, -0.2) is 15.4 Å². The fraction of sp³-hybridized carbons (Fsp3) is 0.125. The Kier molecular flexibility index (Phi) is 4.21. The van der Waals surface area contributed by atoms with Gasteiger partial charge in [0.15, 0.2) is 4.80 Å². The van der Waals surface area contributed by atoms with Crippen molar-refractivity contribution in [2.45, 2.75) is 6.92 Å². The topological polar surface area (TPSA) is 77.5 Å². The highest BCUT2D eigenvalue weighted by atomic mass is 35.5. The minimum absolute atomic E-state index is 0.139. The molecule has 8 heteroatoms. The number of nitro benzene ring substituents is 1. The summed E-state index contributed by atoms with van der Waals surface area (Å²) in [6.07, 6.45) is 0. The monoisotopic (exact) mass is 361 g/mol. The van der Waals surface area contributed by atoms with Gasteiger partial charge in [0.05, 0.1) is 15.1 Å². The highest BCUT2D eigenvalue weighted by molar-refractivity contribution is 7.16. The van der Waals surface area contributed by atoms with Crippen molar-refractivity contribution in [3.63, 3.8) is 0 Å². The summed E-state index contributed by atoms with van der Waals surface area (Å²) in [5.74, 6) is -0.524. The summed E-state index contributed by atoms with van der Waals surface area (Å²) in [7, 11) is 1.82. The van der Waals surface area contributed by atoms with Crippen LogP contribution in [0.3, 0.4) is 0 Å².